The van der Waals surface area contributed by atoms with Crippen molar-refractivity contribution < 1.29 is 4.42 Å². The predicted molar refractivity (Wildman–Crippen MR) is 79.4 cm³/mol. The van der Waals surface area contributed by atoms with E-state index < -0.39 is 0 Å². The molecule has 0 amide bonds. The van der Waals surface area contributed by atoms with Gasteiger partial charge >= 0.3 is 0 Å². The molecule has 2 aromatic heterocycles. The Morgan fingerprint density at radius 3 is 2.85 bits per heavy atom. The molecule has 20 heavy (non-hydrogen) atoms. The highest BCUT2D eigenvalue weighted by molar-refractivity contribution is 5.75. The Morgan fingerprint density at radius 1 is 1.25 bits per heavy atom. The zero-order valence-electron chi connectivity index (χ0n) is 11.8. The molecule has 2 heterocycles. The number of fused-ring (bicyclic) bond motifs is 1. The van der Waals surface area contributed by atoms with Crippen molar-refractivity contribution in [3.05, 3.63) is 54.2 Å². The highest BCUT2D eigenvalue weighted by Crippen LogP contribution is 2.17. The maximum atomic E-state index is 5.41. The van der Waals surface area contributed by atoms with E-state index in [2.05, 4.69) is 41.9 Å². The predicted octanol–water partition coefficient (Wildman–Crippen LogP) is 3.50. The van der Waals surface area contributed by atoms with Crippen molar-refractivity contribution >= 4 is 11.0 Å². The Bertz CT molecular complexity index is 685. The van der Waals surface area contributed by atoms with E-state index in [1.807, 2.05) is 18.2 Å². The van der Waals surface area contributed by atoms with Crippen molar-refractivity contribution in [1.29, 1.82) is 0 Å². The maximum absolute atomic E-state index is 5.41. The molecule has 4 heteroatoms. The Labute approximate surface area is 118 Å². The van der Waals surface area contributed by atoms with Crippen LogP contribution in [-0.4, -0.2) is 9.55 Å². The minimum atomic E-state index is 0.176. The third-order valence-corrected chi connectivity index (χ3v) is 3.59. The van der Waals surface area contributed by atoms with Crippen molar-refractivity contribution in [3.63, 3.8) is 0 Å². The third kappa shape index (κ3) is 2.34. The van der Waals surface area contributed by atoms with Crippen molar-refractivity contribution in [1.82, 2.24) is 14.9 Å². The lowest BCUT2D eigenvalue weighted by atomic mass is 10.2. The van der Waals surface area contributed by atoms with Crippen LogP contribution in [0.2, 0.25) is 0 Å². The summed E-state index contributed by atoms with van der Waals surface area (Å²) in [5.74, 6) is 2.01. The van der Waals surface area contributed by atoms with Crippen LogP contribution in [0.5, 0.6) is 0 Å². The van der Waals surface area contributed by atoms with Crippen LogP contribution in [0.15, 0.2) is 47.1 Å². The number of nitrogens with zero attached hydrogens (tertiary/aromatic N) is 2. The second-order valence-corrected chi connectivity index (χ2v) is 4.88. The molecule has 1 atom stereocenters. The topological polar surface area (TPSA) is 43.0 Å². The van der Waals surface area contributed by atoms with Gasteiger partial charge in [-0.3, -0.25) is 0 Å². The molecule has 0 bridgehead atoms. The van der Waals surface area contributed by atoms with E-state index in [9.17, 15) is 0 Å². The highest BCUT2D eigenvalue weighted by Gasteiger charge is 2.12. The molecule has 0 saturated heterocycles. The van der Waals surface area contributed by atoms with E-state index in [0.717, 1.165) is 30.2 Å². The van der Waals surface area contributed by atoms with Crippen LogP contribution in [0.25, 0.3) is 11.0 Å². The van der Waals surface area contributed by atoms with Gasteiger partial charge in [-0.1, -0.05) is 12.1 Å². The molecule has 1 N–H and O–H groups in total. The standard InChI is InChI=1S/C16H19N3O/c1-3-19-14-8-5-4-7-13(14)18-16(19)11-17-12(2)15-9-6-10-20-15/h4-10,12,17H,3,11H2,1-2H3/t12-/m1/s1. The van der Waals surface area contributed by atoms with Gasteiger partial charge in [-0.2, -0.15) is 0 Å². The zero-order valence-corrected chi connectivity index (χ0v) is 11.8. The highest BCUT2D eigenvalue weighted by atomic mass is 16.3. The molecule has 3 aromatic rings. The zero-order chi connectivity index (χ0) is 13.9. The average Bonchev–Trinajstić information content (AvgIpc) is 3.11. The van der Waals surface area contributed by atoms with Gasteiger partial charge in [-0.25, -0.2) is 4.98 Å². The van der Waals surface area contributed by atoms with Crippen LogP contribution in [0.3, 0.4) is 0 Å². The molecule has 0 fully saturated rings. The van der Waals surface area contributed by atoms with E-state index in [0.29, 0.717) is 0 Å². The molecule has 0 radical (unpaired) electrons. The first-order valence-corrected chi connectivity index (χ1v) is 7.00. The van der Waals surface area contributed by atoms with Crippen LogP contribution in [-0.2, 0) is 13.1 Å². The van der Waals surface area contributed by atoms with Gasteiger partial charge in [0.25, 0.3) is 0 Å². The van der Waals surface area contributed by atoms with Crippen molar-refractivity contribution in [2.75, 3.05) is 0 Å². The molecule has 0 aliphatic heterocycles. The van der Waals surface area contributed by atoms with Crippen molar-refractivity contribution in [3.8, 4) is 0 Å². The molecule has 104 valence electrons. The number of aromatic nitrogens is 2. The van der Waals surface area contributed by atoms with Crippen molar-refractivity contribution in [2.24, 2.45) is 0 Å². The molecule has 1 aromatic carbocycles. The van der Waals surface area contributed by atoms with E-state index in [1.165, 1.54) is 5.52 Å². The second kappa shape index (κ2) is 5.51. The smallest absolute Gasteiger partial charge is 0.123 e. The molecule has 0 saturated carbocycles. The van der Waals surface area contributed by atoms with E-state index in [1.54, 1.807) is 6.26 Å². The van der Waals surface area contributed by atoms with Gasteiger partial charge in [-0.05, 0) is 38.1 Å². The van der Waals surface area contributed by atoms with Crippen LogP contribution < -0.4 is 5.32 Å². The first-order chi connectivity index (χ1) is 9.79. The fraction of sp³-hybridized carbons (Fsp3) is 0.312. The van der Waals surface area contributed by atoms with Crippen LogP contribution >= 0.6 is 0 Å². The summed E-state index contributed by atoms with van der Waals surface area (Å²) in [5, 5.41) is 3.46. The number of imidazole rings is 1. The lowest BCUT2D eigenvalue weighted by molar-refractivity contribution is 0.424. The summed E-state index contributed by atoms with van der Waals surface area (Å²) in [6, 6.07) is 12.3. The Morgan fingerprint density at radius 2 is 2.10 bits per heavy atom. The van der Waals surface area contributed by atoms with Gasteiger partial charge < -0.3 is 14.3 Å². The second-order valence-electron chi connectivity index (χ2n) is 4.88. The van der Waals surface area contributed by atoms with E-state index in [-0.39, 0.29) is 6.04 Å². The van der Waals surface area contributed by atoms with Gasteiger partial charge in [-0.15, -0.1) is 0 Å². The summed E-state index contributed by atoms with van der Waals surface area (Å²) >= 11 is 0. The molecule has 3 rings (SSSR count). The van der Waals surface area contributed by atoms with E-state index in [4.69, 9.17) is 9.40 Å². The summed E-state index contributed by atoms with van der Waals surface area (Å²) in [7, 11) is 0. The fourth-order valence-electron chi connectivity index (χ4n) is 2.50. The monoisotopic (exact) mass is 269 g/mol. The number of benzene rings is 1. The summed E-state index contributed by atoms with van der Waals surface area (Å²) < 4.78 is 7.66. The average molecular weight is 269 g/mol. The Kier molecular flexibility index (Phi) is 3.56. The largest absolute Gasteiger partial charge is 0.468 e. The SMILES string of the molecule is CCn1c(CN[C@H](C)c2ccco2)nc2ccccc21. The number of furan rings is 1. The quantitative estimate of drug-likeness (QED) is 0.771. The summed E-state index contributed by atoms with van der Waals surface area (Å²) in [4.78, 5) is 4.71. The van der Waals surface area contributed by atoms with Gasteiger partial charge in [0, 0.05) is 6.54 Å². The summed E-state index contributed by atoms with van der Waals surface area (Å²) in [5.41, 5.74) is 2.24. The lowest BCUT2D eigenvalue weighted by Gasteiger charge is -2.12. The lowest BCUT2D eigenvalue weighted by Crippen LogP contribution is -2.20. The summed E-state index contributed by atoms with van der Waals surface area (Å²) in [6.45, 7) is 5.89. The summed E-state index contributed by atoms with van der Waals surface area (Å²) in [6.07, 6.45) is 1.70. The number of hydrogen-bond donors (Lipinski definition) is 1. The first kappa shape index (κ1) is 12.9. The molecule has 0 spiro atoms. The molecule has 0 aliphatic carbocycles. The number of rotatable bonds is 5. The molecular weight excluding hydrogens is 250 g/mol. The molecule has 4 nitrogen and oxygen atoms in total. The molecule has 0 unspecified atom stereocenters. The number of aryl methyl sites for hydroxylation is 1. The van der Waals surface area contributed by atoms with Crippen LogP contribution in [0.4, 0.5) is 0 Å². The van der Waals surface area contributed by atoms with Gasteiger partial charge in [0.05, 0.1) is 29.9 Å². The van der Waals surface area contributed by atoms with Crippen LogP contribution in [0.1, 0.15) is 31.5 Å². The Hall–Kier alpha value is -2.07. The molecule has 0 aliphatic rings. The Balaban J connectivity index is 1.80. The minimum absolute atomic E-state index is 0.176. The van der Waals surface area contributed by atoms with Crippen LogP contribution in [0, 0.1) is 0 Å². The minimum Gasteiger partial charge on any atom is -0.468 e. The molecular formula is C16H19N3O. The normalized spacial score (nSPS) is 12.9. The first-order valence-electron chi connectivity index (χ1n) is 7.00. The number of nitrogens with one attached hydrogen (secondary N) is 1. The maximum Gasteiger partial charge on any atom is 0.123 e. The number of hydrogen-bond acceptors (Lipinski definition) is 3. The van der Waals surface area contributed by atoms with Gasteiger partial charge in [0.2, 0.25) is 0 Å². The van der Waals surface area contributed by atoms with E-state index >= 15 is 0 Å². The third-order valence-electron chi connectivity index (χ3n) is 3.59. The fourth-order valence-corrected chi connectivity index (χ4v) is 2.50. The van der Waals surface area contributed by atoms with Gasteiger partial charge in [0.1, 0.15) is 11.6 Å². The number of para-hydroxylation sites is 2. The van der Waals surface area contributed by atoms with Crippen molar-refractivity contribution in [2.45, 2.75) is 33.0 Å². The van der Waals surface area contributed by atoms with Gasteiger partial charge in [0.15, 0.2) is 0 Å².